The largest absolute Gasteiger partial charge is 0.481 e. The number of rotatable bonds is 2. The Morgan fingerprint density at radius 1 is 1.24 bits per heavy atom. The maximum Gasteiger partial charge on any atom is 0.308 e. The average Bonchev–Trinajstić information content (AvgIpc) is 2.54. The first kappa shape index (κ1) is 13.4. The number of carbonyl (C=O) groups is 1. The second kappa shape index (κ2) is 5.45. The summed E-state index contributed by atoms with van der Waals surface area (Å²) >= 11 is 0. The first-order chi connectivity index (χ1) is 10.2. The van der Waals surface area contributed by atoms with Crippen molar-refractivity contribution in [3.05, 3.63) is 42.0 Å². The Morgan fingerprint density at radius 3 is 2.71 bits per heavy atom. The molecule has 4 heteroatoms. The van der Waals surface area contributed by atoms with Gasteiger partial charge < -0.3 is 10.0 Å². The minimum atomic E-state index is -0.724. The predicted octanol–water partition coefficient (Wildman–Crippen LogP) is 3.01. The molecule has 21 heavy (non-hydrogen) atoms. The van der Waals surface area contributed by atoms with E-state index in [9.17, 15) is 15.2 Å². The minimum Gasteiger partial charge on any atom is -0.481 e. The Hall–Kier alpha value is -2.54. The highest BCUT2D eigenvalue weighted by atomic mass is 16.4. The molecule has 0 aliphatic carbocycles. The molecule has 0 spiro atoms. The molecule has 2 aromatic rings. The molecule has 4 nitrogen and oxygen atoms in total. The molecule has 0 bridgehead atoms. The zero-order valence-corrected chi connectivity index (χ0v) is 11.6. The molecule has 1 aliphatic heterocycles. The molecule has 1 saturated heterocycles. The molecule has 2 aromatic carbocycles. The molecule has 106 valence electrons. The van der Waals surface area contributed by atoms with Gasteiger partial charge in [0, 0.05) is 29.5 Å². The summed E-state index contributed by atoms with van der Waals surface area (Å²) in [5.74, 6) is -1.04. The van der Waals surface area contributed by atoms with E-state index in [-0.39, 0.29) is 5.92 Å². The topological polar surface area (TPSA) is 64.3 Å². The lowest BCUT2D eigenvalue weighted by Gasteiger charge is -2.33. The van der Waals surface area contributed by atoms with Crippen LogP contribution in [-0.4, -0.2) is 24.2 Å². The van der Waals surface area contributed by atoms with Gasteiger partial charge in [-0.3, -0.25) is 4.79 Å². The zero-order chi connectivity index (χ0) is 14.8. The Bertz CT molecular complexity index is 733. The lowest BCUT2D eigenvalue weighted by Crippen LogP contribution is -2.38. The van der Waals surface area contributed by atoms with Gasteiger partial charge in [0.2, 0.25) is 0 Å². The number of benzene rings is 2. The third-order valence-electron chi connectivity index (χ3n) is 4.13. The van der Waals surface area contributed by atoms with E-state index < -0.39 is 5.97 Å². The monoisotopic (exact) mass is 280 g/mol. The number of carboxylic acid groups (broad SMARTS) is 1. The van der Waals surface area contributed by atoms with Crippen LogP contribution in [0.3, 0.4) is 0 Å². The highest BCUT2D eigenvalue weighted by Gasteiger charge is 2.26. The van der Waals surface area contributed by atoms with Crippen LogP contribution in [0, 0.1) is 17.2 Å². The fraction of sp³-hybridized carbons (Fsp3) is 0.294. The molecule has 1 N–H and O–H groups in total. The number of hydrogen-bond acceptors (Lipinski definition) is 3. The van der Waals surface area contributed by atoms with Crippen LogP contribution in [0.4, 0.5) is 5.69 Å². The second-order valence-electron chi connectivity index (χ2n) is 5.41. The van der Waals surface area contributed by atoms with E-state index in [0.717, 1.165) is 35.8 Å². The van der Waals surface area contributed by atoms with E-state index in [4.69, 9.17) is 0 Å². The maximum atomic E-state index is 11.2. The Balaban J connectivity index is 2.05. The van der Waals surface area contributed by atoms with E-state index in [1.165, 1.54) is 0 Å². The minimum absolute atomic E-state index is 0.312. The zero-order valence-electron chi connectivity index (χ0n) is 11.6. The molecule has 0 unspecified atom stereocenters. The number of carboxylic acids is 1. The number of hydrogen-bond donors (Lipinski definition) is 1. The van der Waals surface area contributed by atoms with E-state index >= 15 is 0 Å². The summed E-state index contributed by atoms with van der Waals surface area (Å²) in [6, 6.07) is 13.8. The molecule has 1 atom stereocenters. The number of anilines is 1. The first-order valence-corrected chi connectivity index (χ1v) is 7.10. The molecule has 0 amide bonds. The molecule has 0 aromatic heterocycles. The highest BCUT2D eigenvalue weighted by molar-refractivity contribution is 5.98. The van der Waals surface area contributed by atoms with Gasteiger partial charge in [-0.15, -0.1) is 0 Å². The summed E-state index contributed by atoms with van der Waals surface area (Å²) in [4.78, 5) is 13.4. The van der Waals surface area contributed by atoms with Crippen LogP contribution >= 0.6 is 0 Å². The van der Waals surface area contributed by atoms with Crippen LogP contribution in [-0.2, 0) is 4.79 Å². The van der Waals surface area contributed by atoms with Crippen molar-refractivity contribution in [1.82, 2.24) is 0 Å². The second-order valence-corrected chi connectivity index (χ2v) is 5.41. The molecule has 1 heterocycles. The van der Waals surface area contributed by atoms with E-state index in [1.807, 2.05) is 36.4 Å². The van der Waals surface area contributed by atoms with Gasteiger partial charge >= 0.3 is 5.97 Å². The highest BCUT2D eigenvalue weighted by Crippen LogP contribution is 2.32. The normalized spacial score (nSPS) is 18.4. The van der Waals surface area contributed by atoms with E-state index in [1.54, 1.807) is 0 Å². The molecule has 3 rings (SSSR count). The summed E-state index contributed by atoms with van der Waals surface area (Å²) in [6.07, 6.45) is 1.62. The SMILES string of the molecule is N#Cc1ccc(N2CCC[C@@H](C(=O)O)C2)c2ccccc12. The number of aliphatic carboxylic acids is 1. The third kappa shape index (κ3) is 2.43. The van der Waals surface area contributed by atoms with E-state index in [2.05, 4.69) is 11.0 Å². The smallest absolute Gasteiger partial charge is 0.308 e. The van der Waals surface area contributed by atoms with Crippen molar-refractivity contribution in [2.24, 2.45) is 5.92 Å². The van der Waals surface area contributed by atoms with Crippen molar-refractivity contribution in [3.8, 4) is 6.07 Å². The van der Waals surface area contributed by atoms with Gasteiger partial charge in [-0.05, 0) is 25.0 Å². The Kier molecular flexibility index (Phi) is 3.49. The summed E-state index contributed by atoms with van der Waals surface area (Å²) in [7, 11) is 0. The molecule has 0 saturated carbocycles. The van der Waals surface area contributed by atoms with Gasteiger partial charge in [0.05, 0.1) is 17.6 Å². The van der Waals surface area contributed by atoms with Crippen LogP contribution in [0.25, 0.3) is 10.8 Å². The fourth-order valence-electron chi connectivity index (χ4n) is 3.05. The van der Waals surface area contributed by atoms with Gasteiger partial charge in [0.25, 0.3) is 0 Å². The third-order valence-corrected chi connectivity index (χ3v) is 4.13. The van der Waals surface area contributed by atoms with Crippen LogP contribution < -0.4 is 4.90 Å². The summed E-state index contributed by atoms with van der Waals surface area (Å²) < 4.78 is 0. The number of nitrogens with zero attached hydrogens (tertiary/aromatic N) is 2. The molecule has 1 fully saturated rings. The molecule has 1 aliphatic rings. The van der Waals surface area contributed by atoms with Gasteiger partial charge in [0.15, 0.2) is 0 Å². The summed E-state index contributed by atoms with van der Waals surface area (Å²) in [6.45, 7) is 1.39. The summed E-state index contributed by atoms with van der Waals surface area (Å²) in [5.41, 5.74) is 1.68. The van der Waals surface area contributed by atoms with Crippen molar-refractivity contribution >= 4 is 22.4 Å². The molecular weight excluding hydrogens is 264 g/mol. The van der Waals surface area contributed by atoms with Gasteiger partial charge in [-0.2, -0.15) is 5.26 Å². The Morgan fingerprint density at radius 2 is 2.00 bits per heavy atom. The predicted molar refractivity (Wildman–Crippen MR) is 81.2 cm³/mol. The van der Waals surface area contributed by atoms with E-state index in [0.29, 0.717) is 12.1 Å². The van der Waals surface area contributed by atoms with Crippen molar-refractivity contribution < 1.29 is 9.90 Å². The fourth-order valence-corrected chi connectivity index (χ4v) is 3.05. The van der Waals surface area contributed by atoms with Crippen LogP contribution in [0.15, 0.2) is 36.4 Å². The lowest BCUT2D eigenvalue weighted by molar-refractivity contribution is -0.141. The van der Waals surface area contributed by atoms with Crippen molar-refractivity contribution in [2.45, 2.75) is 12.8 Å². The van der Waals surface area contributed by atoms with Crippen LogP contribution in [0.5, 0.6) is 0 Å². The Labute approximate surface area is 123 Å². The summed E-state index contributed by atoms with van der Waals surface area (Å²) in [5, 5.41) is 20.4. The van der Waals surface area contributed by atoms with Crippen LogP contribution in [0.1, 0.15) is 18.4 Å². The quantitative estimate of drug-likeness (QED) is 0.918. The average molecular weight is 280 g/mol. The van der Waals surface area contributed by atoms with Gasteiger partial charge in [0.1, 0.15) is 0 Å². The maximum absolute atomic E-state index is 11.2. The molecular formula is C17H16N2O2. The number of fused-ring (bicyclic) bond motifs is 1. The lowest BCUT2D eigenvalue weighted by atomic mass is 9.96. The number of nitriles is 1. The van der Waals surface area contributed by atoms with Gasteiger partial charge in [-0.1, -0.05) is 24.3 Å². The van der Waals surface area contributed by atoms with Gasteiger partial charge in [-0.25, -0.2) is 0 Å². The standard InChI is InChI=1S/C17H16N2O2/c18-10-12-7-8-16(15-6-2-1-5-14(12)15)19-9-3-4-13(11-19)17(20)21/h1-2,5-8,13H,3-4,9,11H2,(H,20,21)/t13-/m1/s1. The van der Waals surface area contributed by atoms with Crippen LogP contribution in [0.2, 0.25) is 0 Å². The van der Waals surface area contributed by atoms with Crippen molar-refractivity contribution in [2.75, 3.05) is 18.0 Å². The van der Waals surface area contributed by atoms with Crippen molar-refractivity contribution in [1.29, 1.82) is 5.26 Å². The van der Waals surface area contributed by atoms with Crippen molar-refractivity contribution in [3.63, 3.8) is 0 Å². The number of piperidine rings is 1. The first-order valence-electron chi connectivity index (χ1n) is 7.10. The molecule has 0 radical (unpaired) electrons.